The maximum absolute atomic E-state index is 13.7. The van der Waals surface area contributed by atoms with E-state index in [1.165, 1.54) is 23.4 Å². The standard InChI is InChI=1S/C25H21Cl2FN2S2/c1-15-13-16(5-10-20(15)26)19-3-2-4-22-24(19)30(18-8-6-17(28)7-9-18)25(29-22)32-14-23-21(27)11-12-31-23/h5-13,19H,2-4,14H2,1H3. The van der Waals surface area contributed by atoms with Gasteiger partial charge in [-0.05, 0) is 79.1 Å². The van der Waals surface area contributed by atoms with Crippen molar-refractivity contribution in [3.63, 3.8) is 0 Å². The van der Waals surface area contributed by atoms with Crippen molar-refractivity contribution in [3.8, 4) is 5.69 Å². The van der Waals surface area contributed by atoms with E-state index in [4.69, 9.17) is 28.2 Å². The van der Waals surface area contributed by atoms with Crippen molar-refractivity contribution in [3.05, 3.63) is 97.2 Å². The quantitative estimate of drug-likeness (QED) is 0.254. The van der Waals surface area contributed by atoms with Crippen LogP contribution < -0.4 is 0 Å². The summed E-state index contributed by atoms with van der Waals surface area (Å²) in [6.45, 7) is 2.04. The molecule has 0 saturated heterocycles. The highest BCUT2D eigenvalue weighted by Crippen LogP contribution is 2.42. The minimum absolute atomic E-state index is 0.215. The first kappa shape index (κ1) is 22.0. The maximum atomic E-state index is 13.7. The second-order valence-electron chi connectivity index (χ2n) is 7.97. The summed E-state index contributed by atoms with van der Waals surface area (Å²) in [6, 6.07) is 14.9. The molecule has 2 nitrogen and oxygen atoms in total. The van der Waals surface area contributed by atoms with Gasteiger partial charge in [0.25, 0.3) is 0 Å². The number of aryl methyl sites for hydroxylation is 2. The smallest absolute Gasteiger partial charge is 0.173 e. The van der Waals surface area contributed by atoms with Crippen molar-refractivity contribution < 1.29 is 4.39 Å². The van der Waals surface area contributed by atoms with E-state index in [2.05, 4.69) is 16.7 Å². The molecule has 5 rings (SSSR count). The molecule has 2 aromatic heterocycles. The van der Waals surface area contributed by atoms with Crippen LogP contribution in [0.15, 0.2) is 59.1 Å². The molecule has 2 heterocycles. The van der Waals surface area contributed by atoms with Gasteiger partial charge < -0.3 is 0 Å². The Labute approximate surface area is 205 Å². The molecule has 4 aromatic rings. The predicted molar refractivity (Wildman–Crippen MR) is 133 cm³/mol. The third-order valence-electron chi connectivity index (χ3n) is 5.89. The molecule has 1 aliphatic carbocycles. The first-order valence-corrected chi connectivity index (χ1v) is 13.1. The van der Waals surface area contributed by atoms with Gasteiger partial charge in [0.05, 0.1) is 16.4 Å². The lowest BCUT2D eigenvalue weighted by molar-refractivity contribution is 0.586. The summed E-state index contributed by atoms with van der Waals surface area (Å²) in [6.07, 6.45) is 3.07. The van der Waals surface area contributed by atoms with Crippen LogP contribution in [0.5, 0.6) is 0 Å². The molecule has 0 N–H and O–H groups in total. The average molecular weight is 503 g/mol. The number of hydrogen-bond acceptors (Lipinski definition) is 3. The third-order valence-corrected chi connectivity index (χ3v) is 8.85. The lowest BCUT2D eigenvalue weighted by Crippen LogP contribution is -2.15. The van der Waals surface area contributed by atoms with Gasteiger partial charge in [0.2, 0.25) is 0 Å². The normalized spacial score (nSPS) is 15.7. The molecule has 0 amide bonds. The Morgan fingerprint density at radius 3 is 2.66 bits per heavy atom. The molecule has 0 bridgehead atoms. The topological polar surface area (TPSA) is 17.8 Å². The van der Waals surface area contributed by atoms with Gasteiger partial charge in [-0.1, -0.05) is 47.1 Å². The van der Waals surface area contributed by atoms with E-state index in [1.54, 1.807) is 23.1 Å². The Morgan fingerprint density at radius 1 is 1.12 bits per heavy atom. The van der Waals surface area contributed by atoms with E-state index in [-0.39, 0.29) is 11.7 Å². The fourth-order valence-corrected chi connectivity index (χ4v) is 6.77. The molecule has 1 aliphatic rings. The molecule has 1 unspecified atom stereocenters. The third kappa shape index (κ3) is 4.24. The Kier molecular flexibility index (Phi) is 6.35. The maximum Gasteiger partial charge on any atom is 0.173 e. The number of imidazole rings is 1. The summed E-state index contributed by atoms with van der Waals surface area (Å²) in [7, 11) is 0. The van der Waals surface area contributed by atoms with Gasteiger partial charge in [-0.15, -0.1) is 11.3 Å². The largest absolute Gasteiger partial charge is 0.291 e. The summed E-state index contributed by atoms with van der Waals surface area (Å²) in [5.41, 5.74) is 5.57. The van der Waals surface area contributed by atoms with Crippen molar-refractivity contribution in [1.82, 2.24) is 9.55 Å². The summed E-state index contributed by atoms with van der Waals surface area (Å²) in [4.78, 5) is 6.19. The fraction of sp³-hybridized carbons (Fsp3) is 0.240. The van der Waals surface area contributed by atoms with Crippen LogP contribution in [0.2, 0.25) is 10.0 Å². The Hall–Kier alpha value is -1.79. The van der Waals surface area contributed by atoms with Crippen LogP contribution in [-0.4, -0.2) is 9.55 Å². The highest BCUT2D eigenvalue weighted by molar-refractivity contribution is 7.98. The van der Waals surface area contributed by atoms with Gasteiger partial charge >= 0.3 is 0 Å². The molecule has 0 spiro atoms. The molecule has 0 fully saturated rings. The molecule has 2 aromatic carbocycles. The van der Waals surface area contributed by atoms with E-state index in [0.717, 1.165) is 62.0 Å². The highest BCUT2D eigenvalue weighted by atomic mass is 35.5. The van der Waals surface area contributed by atoms with Crippen molar-refractivity contribution >= 4 is 46.3 Å². The monoisotopic (exact) mass is 502 g/mol. The molecule has 7 heteroatoms. The van der Waals surface area contributed by atoms with Crippen LogP contribution in [0, 0.1) is 12.7 Å². The average Bonchev–Trinajstić information content (AvgIpc) is 3.37. The van der Waals surface area contributed by atoms with E-state index in [9.17, 15) is 4.39 Å². The zero-order valence-corrected chi connectivity index (χ0v) is 20.6. The number of hydrogen-bond donors (Lipinski definition) is 0. The minimum Gasteiger partial charge on any atom is -0.291 e. The Morgan fingerprint density at radius 2 is 1.94 bits per heavy atom. The first-order chi connectivity index (χ1) is 15.5. The molecule has 0 saturated carbocycles. The molecular weight excluding hydrogens is 482 g/mol. The Bertz CT molecular complexity index is 1260. The second-order valence-corrected chi connectivity index (χ2v) is 10.7. The fourth-order valence-electron chi connectivity index (χ4n) is 4.31. The van der Waals surface area contributed by atoms with Gasteiger partial charge in [-0.3, -0.25) is 4.57 Å². The Balaban J connectivity index is 1.62. The number of nitrogens with zero attached hydrogens (tertiary/aromatic N) is 2. The van der Waals surface area contributed by atoms with Crippen LogP contribution in [0.25, 0.3) is 5.69 Å². The zero-order valence-electron chi connectivity index (χ0n) is 17.4. The molecule has 1 atom stereocenters. The van der Waals surface area contributed by atoms with Gasteiger partial charge in [0.15, 0.2) is 5.16 Å². The summed E-state index contributed by atoms with van der Waals surface area (Å²) in [5, 5.41) is 4.50. The summed E-state index contributed by atoms with van der Waals surface area (Å²) in [5.74, 6) is 0.720. The van der Waals surface area contributed by atoms with E-state index < -0.39 is 0 Å². The minimum atomic E-state index is -0.243. The molecule has 32 heavy (non-hydrogen) atoms. The summed E-state index contributed by atoms with van der Waals surface area (Å²) < 4.78 is 15.9. The number of thiophene rings is 1. The molecule has 0 radical (unpaired) electrons. The van der Waals surface area contributed by atoms with Crippen LogP contribution in [0.1, 0.15) is 46.2 Å². The molecule has 164 valence electrons. The van der Waals surface area contributed by atoms with Gasteiger partial charge in [0, 0.05) is 27.3 Å². The van der Waals surface area contributed by atoms with Gasteiger partial charge in [0.1, 0.15) is 5.82 Å². The van der Waals surface area contributed by atoms with E-state index >= 15 is 0 Å². The summed E-state index contributed by atoms with van der Waals surface area (Å²) >= 11 is 16.0. The van der Waals surface area contributed by atoms with Gasteiger partial charge in [-0.2, -0.15) is 0 Å². The van der Waals surface area contributed by atoms with E-state index in [1.807, 2.05) is 36.6 Å². The van der Waals surface area contributed by atoms with Crippen molar-refractivity contribution in [2.24, 2.45) is 0 Å². The SMILES string of the molecule is Cc1cc(C2CCCc3nc(SCc4sccc4Cl)n(-c4ccc(F)cc4)c32)ccc1Cl. The van der Waals surface area contributed by atoms with Crippen molar-refractivity contribution in [1.29, 1.82) is 0 Å². The number of halogens is 3. The molecular formula is C25H21Cl2FN2S2. The van der Waals surface area contributed by atoms with Crippen LogP contribution >= 0.6 is 46.3 Å². The second kappa shape index (κ2) is 9.22. The number of fused-ring (bicyclic) bond motifs is 1. The van der Waals surface area contributed by atoms with Crippen molar-refractivity contribution in [2.75, 3.05) is 0 Å². The van der Waals surface area contributed by atoms with Crippen LogP contribution in [0.4, 0.5) is 4.39 Å². The highest BCUT2D eigenvalue weighted by Gasteiger charge is 2.30. The lowest BCUT2D eigenvalue weighted by atomic mass is 9.83. The predicted octanol–water partition coefficient (Wildman–Crippen LogP) is 8.45. The van der Waals surface area contributed by atoms with E-state index in [0.29, 0.717) is 0 Å². The zero-order chi connectivity index (χ0) is 22.2. The van der Waals surface area contributed by atoms with Crippen molar-refractivity contribution in [2.45, 2.75) is 43.0 Å². The molecule has 0 aliphatic heterocycles. The van der Waals surface area contributed by atoms with Gasteiger partial charge in [-0.25, -0.2) is 9.37 Å². The van der Waals surface area contributed by atoms with Crippen LogP contribution in [-0.2, 0) is 12.2 Å². The number of rotatable bonds is 5. The number of benzene rings is 2. The number of thioether (sulfide) groups is 1. The lowest BCUT2D eigenvalue weighted by Gasteiger charge is -2.25. The first-order valence-electron chi connectivity index (χ1n) is 10.5. The van der Waals surface area contributed by atoms with Crippen LogP contribution in [0.3, 0.4) is 0 Å². The number of aromatic nitrogens is 2.